The van der Waals surface area contributed by atoms with E-state index in [4.69, 9.17) is 4.42 Å². The SMILES string of the molecule is O=C(NC1CCN(c2nccc(-c3ccccc3)n2)C1)c1cocn1. The number of carbonyl (C=O) groups excluding carboxylic acids is 1. The molecule has 0 spiro atoms. The van der Waals surface area contributed by atoms with Crippen molar-refractivity contribution >= 4 is 11.9 Å². The molecule has 1 fully saturated rings. The van der Waals surface area contributed by atoms with Gasteiger partial charge in [0.1, 0.15) is 6.26 Å². The molecule has 1 aromatic carbocycles. The maximum absolute atomic E-state index is 12.1. The lowest BCUT2D eigenvalue weighted by Gasteiger charge is -2.17. The standard InChI is InChI=1S/C18H17N5O2/c24-17(16-11-25-12-20-16)21-14-7-9-23(10-14)18-19-8-6-15(22-18)13-4-2-1-3-5-13/h1-6,8,11-12,14H,7,9-10H2,(H,21,24). The lowest BCUT2D eigenvalue weighted by molar-refractivity contribution is 0.0935. The van der Waals surface area contributed by atoms with E-state index >= 15 is 0 Å². The number of rotatable bonds is 4. The highest BCUT2D eigenvalue weighted by Gasteiger charge is 2.26. The molecule has 25 heavy (non-hydrogen) atoms. The minimum Gasteiger partial charge on any atom is -0.451 e. The van der Waals surface area contributed by atoms with E-state index in [-0.39, 0.29) is 11.9 Å². The van der Waals surface area contributed by atoms with Gasteiger partial charge < -0.3 is 14.6 Å². The van der Waals surface area contributed by atoms with Gasteiger partial charge in [-0.2, -0.15) is 0 Å². The second kappa shape index (κ2) is 6.72. The average molecular weight is 335 g/mol. The summed E-state index contributed by atoms with van der Waals surface area (Å²) >= 11 is 0. The summed E-state index contributed by atoms with van der Waals surface area (Å²) in [6.45, 7) is 1.46. The molecule has 1 N–H and O–H groups in total. The van der Waals surface area contributed by atoms with Gasteiger partial charge in [-0.05, 0) is 12.5 Å². The first-order chi connectivity index (χ1) is 12.3. The van der Waals surface area contributed by atoms with Crippen LogP contribution in [0.15, 0.2) is 59.7 Å². The first-order valence-electron chi connectivity index (χ1n) is 8.12. The molecule has 1 amide bonds. The van der Waals surface area contributed by atoms with Crippen molar-refractivity contribution in [2.45, 2.75) is 12.5 Å². The van der Waals surface area contributed by atoms with Crippen molar-refractivity contribution in [3.8, 4) is 11.3 Å². The van der Waals surface area contributed by atoms with Crippen LogP contribution in [-0.4, -0.2) is 40.0 Å². The van der Waals surface area contributed by atoms with Crippen LogP contribution >= 0.6 is 0 Å². The van der Waals surface area contributed by atoms with Crippen molar-refractivity contribution in [3.63, 3.8) is 0 Å². The Bertz CT molecular complexity index is 851. The Hall–Kier alpha value is -3.22. The van der Waals surface area contributed by atoms with E-state index in [0.29, 0.717) is 18.2 Å². The third-order valence-corrected chi connectivity index (χ3v) is 4.18. The number of nitrogens with zero attached hydrogens (tertiary/aromatic N) is 4. The van der Waals surface area contributed by atoms with Crippen LogP contribution in [0.25, 0.3) is 11.3 Å². The third-order valence-electron chi connectivity index (χ3n) is 4.18. The van der Waals surface area contributed by atoms with Crippen LogP contribution in [0.3, 0.4) is 0 Å². The average Bonchev–Trinajstić information content (AvgIpc) is 3.35. The molecule has 7 heteroatoms. The molecule has 4 rings (SSSR count). The number of oxazole rings is 1. The number of amides is 1. The number of aromatic nitrogens is 3. The fourth-order valence-electron chi connectivity index (χ4n) is 2.91. The van der Waals surface area contributed by atoms with Gasteiger partial charge in [0.2, 0.25) is 5.95 Å². The molecule has 7 nitrogen and oxygen atoms in total. The molecule has 1 aliphatic heterocycles. The molecule has 2 aromatic heterocycles. The lowest BCUT2D eigenvalue weighted by atomic mass is 10.1. The van der Waals surface area contributed by atoms with Gasteiger partial charge in [0, 0.05) is 30.9 Å². The fourth-order valence-corrected chi connectivity index (χ4v) is 2.91. The van der Waals surface area contributed by atoms with Gasteiger partial charge in [0.05, 0.1) is 5.69 Å². The normalized spacial score (nSPS) is 16.8. The van der Waals surface area contributed by atoms with Crippen LogP contribution < -0.4 is 10.2 Å². The first-order valence-corrected chi connectivity index (χ1v) is 8.12. The smallest absolute Gasteiger partial charge is 0.273 e. The van der Waals surface area contributed by atoms with Gasteiger partial charge in [-0.25, -0.2) is 15.0 Å². The van der Waals surface area contributed by atoms with Gasteiger partial charge in [-0.15, -0.1) is 0 Å². The van der Waals surface area contributed by atoms with Crippen molar-refractivity contribution in [1.82, 2.24) is 20.3 Å². The molecule has 3 aromatic rings. The second-order valence-corrected chi connectivity index (χ2v) is 5.89. The second-order valence-electron chi connectivity index (χ2n) is 5.89. The van der Waals surface area contributed by atoms with E-state index in [2.05, 4.69) is 25.2 Å². The number of carbonyl (C=O) groups is 1. The van der Waals surface area contributed by atoms with Crippen LogP contribution in [-0.2, 0) is 0 Å². The molecule has 1 aliphatic rings. The maximum Gasteiger partial charge on any atom is 0.273 e. The molecular formula is C18H17N5O2. The number of benzene rings is 1. The zero-order valence-corrected chi connectivity index (χ0v) is 13.5. The fraction of sp³-hybridized carbons (Fsp3) is 0.222. The molecule has 1 unspecified atom stereocenters. The number of nitrogens with one attached hydrogen (secondary N) is 1. The molecule has 0 radical (unpaired) electrons. The minimum atomic E-state index is -0.223. The van der Waals surface area contributed by atoms with Gasteiger partial charge in [0.25, 0.3) is 5.91 Å². The van der Waals surface area contributed by atoms with Crippen LogP contribution in [0.5, 0.6) is 0 Å². The van der Waals surface area contributed by atoms with Crippen LogP contribution in [0.2, 0.25) is 0 Å². The van der Waals surface area contributed by atoms with E-state index in [0.717, 1.165) is 24.2 Å². The zero-order valence-electron chi connectivity index (χ0n) is 13.5. The Morgan fingerprint density at radius 2 is 2.08 bits per heavy atom. The summed E-state index contributed by atoms with van der Waals surface area (Å²) in [7, 11) is 0. The molecule has 1 atom stereocenters. The highest BCUT2D eigenvalue weighted by atomic mass is 16.3. The van der Waals surface area contributed by atoms with Crippen molar-refractivity contribution in [2.24, 2.45) is 0 Å². The van der Waals surface area contributed by atoms with Gasteiger partial charge >= 0.3 is 0 Å². The monoisotopic (exact) mass is 335 g/mol. The first kappa shape index (κ1) is 15.3. The van der Waals surface area contributed by atoms with Crippen LogP contribution in [0.1, 0.15) is 16.9 Å². The van der Waals surface area contributed by atoms with Crippen LogP contribution in [0.4, 0.5) is 5.95 Å². The highest BCUT2D eigenvalue weighted by molar-refractivity contribution is 5.92. The number of anilines is 1. The van der Waals surface area contributed by atoms with E-state index in [1.807, 2.05) is 36.4 Å². The molecule has 1 saturated heterocycles. The molecule has 0 aliphatic carbocycles. The Kier molecular flexibility index (Phi) is 4.12. The van der Waals surface area contributed by atoms with Crippen LogP contribution in [0, 0.1) is 0 Å². The van der Waals surface area contributed by atoms with E-state index in [9.17, 15) is 4.79 Å². The molecule has 3 heterocycles. The molecule has 0 bridgehead atoms. The number of hydrogen-bond donors (Lipinski definition) is 1. The van der Waals surface area contributed by atoms with Crippen molar-refractivity contribution in [3.05, 3.63) is 60.9 Å². The zero-order chi connectivity index (χ0) is 17.1. The Morgan fingerprint density at radius 1 is 1.20 bits per heavy atom. The van der Waals surface area contributed by atoms with E-state index < -0.39 is 0 Å². The summed E-state index contributed by atoms with van der Waals surface area (Å²) in [5.74, 6) is 0.457. The third kappa shape index (κ3) is 3.35. The van der Waals surface area contributed by atoms with Gasteiger partial charge in [0.15, 0.2) is 12.1 Å². The summed E-state index contributed by atoms with van der Waals surface area (Å²) in [4.78, 5) is 27.1. The molecular weight excluding hydrogens is 318 g/mol. The minimum absolute atomic E-state index is 0.0354. The van der Waals surface area contributed by atoms with Crippen molar-refractivity contribution in [1.29, 1.82) is 0 Å². The predicted molar refractivity (Wildman–Crippen MR) is 92.1 cm³/mol. The van der Waals surface area contributed by atoms with E-state index in [1.54, 1.807) is 6.20 Å². The van der Waals surface area contributed by atoms with Crippen molar-refractivity contribution < 1.29 is 9.21 Å². The predicted octanol–water partition coefficient (Wildman–Crippen LogP) is 2.14. The van der Waals surface area contributed by atoms with E-state index in [1.165, 1.54) is 12.7 Å². The maximum atomic E-state index is 12.1. The van der Waals surface area contributed by atoms with Gasteiger partial charge in [-0.3, -0.25) is 4.79 Å². The summed E-state index contributed by atoms with van der Waals surface area (Å²) in [5.41, 5.74) is 2.24. The quantitative estimate of drug-likeness (QED) is 0.786. The molecule has 0 saturated carbocycles. The molecule has 126 valence electrons. The lowest BCUT2D eigenvalue weighted by Crippen LogP contribution is -2.37. The summed E-state index contributed by atoms with van der Waals surface area (Å²) in [5, 5.41) is 2.97. The highest BCUT2D eigenvalue weighted by Crippen LogP contribution is 2.21. The Morgan fingerprint density at radius 3 is 2.88 bits per heavy atom. The van der Waals surface area contributed by atoms with Crippen molar-refractivity contribution in [2.75, 3.05) is 18.0 Å². The summed E-state index contributed by atoms with van der Waals surface area (Å²) < 4.78 is 4.84. The summed E-state index contributed by atoms with van der Waals surface area (Å²) in [6, 6.07) is 11.9. The van der Waals surface area contributed by atoms with Gasteiger partial charge in [-0.1, -0.05) is 30.3 Å². The number of hydrogen-bond acceptors (Lipinski definition) is 6. The Balaban J connectivity index is 1.44. The summed E-state index contributed by atoms with van der Waals surface area (Å²) in [6.07, 6.45) is 5.20. The Labute approximate surface area is 144 Å². The topological polar surface area (TPSA) is 84.2 Å². The largest absolute Gasteiger partial charge is 0.451 e.